The van der Waals surface area contributed by atoms with Crippen molar-refractivity contribution < 1.29 is 4.79 Å². The van der Waals surface area contributed by atoms with Crippen LogP contribution in [0.25, 0.3) is 10.1 Å². The van der Waals surface area contributed by atoms with Crippen molar-refractivity contribution in [1.82, 2.24) is 4.37 Å². The van der Waals surface area contributed by atoms with Crippen molar-refractivity contribution in [3.63, 3.8) is 0 Å². The minimum absolute atomic E-state index is 0.594. The minimum Gasteiger partial charge on any atom is -0.303 e. The SMILES string of the molecule is O=CCCc1cccc2cnsc12. The molecule has 0 N–H and O–H groups in total. The van der Waals surface area contributed by atoms with E-state index >= 15 is 0 Å². The van der Waals surface area contributed by atoms with Gasteiger partial charge in [0.1, 0.15) is 6.29 Å². The van der Waals surface area contributed by atoms with Crippen LogP contribution in [0, 0.1) is 0 Å². The monoisotopic (exact) mass is 191 g/mol. The average molecular weight is 191 g/mol. The van der Waals surface area contributed by atoms with E-state index in [4.69, 9.17) is 0 Å². The molecule has 0 fully saturated rings. The largest absolute Gasteiger partial charge is 0.303 e. The van der Waals surface area contributed by atoms with Crippen molar-refractivity contribution in [1.29, 1.82) is 0 Å². The van der Waals surface area contributed by atoms with Gasteiger partial charge in [0.15, 0.2) is 0 Å². The van der Waals surface area contributed by atoms with Gasteiger partial charge in [-0.2, -0.15) is 4.37 Å². The lowest BCUT2D eigenvalue weighted by molar-refractivity contribution is -0.107. The van der Waals surface area contributed by atoms with Gasteiger partial charge in [0.2, 0.25) is 0 Å². The molecule has 0 aliphatic heterocycles. The summed E-state index contributed by atoms with van der Waals surface area (Å²) < 4.78 is 5.34. The Morgan fingerprint density at radius 2 is 2.38 bits per heavy atom. The number of rotatable bonds is 3. The number of aryl methyl sites for hydroxylation is 1. The van der Waals surface area contributed by atoms with Gasteiger partial charge in [0, 0.05) is 18.0 Å². The predicted octanol–water partition coefficient (Wildman–Crippen LogP) is 2.43. The first-order chi connectivity index (χ1) is 6.42. The number of nitrogens with zero attached hydrogens (tertiary/aromatic N) is 1. The van der Waals surface area contributed by atoms with E-state index in [2.05, 4.69) is 10.4 Å². The van der Waals surface area contributed by atoms with Gasteiger partial charge in [-0.15, -0.1) is 0 Å². The van der Waals surface area contributed by atoms with Gasteiger partial charge in [-0.1, -0.05) is 18.2 Å². The summed E-state index contributed by atoms with van der Waals surface area (Å²) in [5.74, 6) is 0. The Morgan fingerprint density at radius 1 is 1.46 bits per heavy atom. The average Bonchev–Trinajstić information content (AvgIpc) is 2.62. The molecular weight excluding hydrogens is 182 g/mol. The summed E-state index contributed by atoms with van der Waals surface area (Å²) in [5.41, 5.74) is 1.23. The Labute approximate surface area is 80.4 Å². The van der Waals surface area contributed by atoms with Crippen molar-refractivity contribution in [3.8, 4) is 0 Å². The number of hydrogen-bond acceptors (Lipinski definition) is 3. The Kier molecular flexibility index (Phi) is 2.36. The molecule has 1 aromatic heterocycles. The highest BCUT2D eigenvalue weighted by atomic mass is 32.1. The fourth-order valence-corrected chi connectivity index (χ4v) is 2.15. The Balaban J connectivity index is 2.42. The fraction of sp³-hybridized carbons (Fsp3) is 0.200. The topological polar surface area (TPSA) is 30.0 Å². The van der Waals surface area contributed by atoms with Crippen LogP contribution >= 0.6 is 11.5 Å². The molecule has 0 amide bonds. The summed E-state index contributed by atoms with van der Waals surface area (Å²) >= 11 is 1.50. The van der Waals surface area contributed by atoms with Crippen molar-refractivity contribution in [3.05, 3.63) is 30.0 Å². The van der Waals surface area contributed by atoms with Gasteiger partial charge in [0.25, 0.3) is 0 Å². The normalized spacial score (nSPS) is 10.5. The molecule has 2 rings (SSSR count). The molecule has 0 aliphatic rings. The standard InChI is InChI=1S/C10H9NOS/c12-6-2-5-8-3-1-4-9-7-11-13-10(8)9/h1,3-4,6-7H,2,5H2. The number of fused-ring (bicyclic) bond motifs is 1. The summed E-state index contributed by atoms with van der Waals surface area (Å²) in [6.07, 6.45) is 4.24. The molecule has 3 heteroatoms. The zero-order valence-corrected chi connectivity index (χ0v) is 7.88. The van der Waals surface area contributed by atoms with Crippen LogP contribution in [0.1, 0.15) is 12.0 Å². The van der Waals surface area contributed by atoms with Crippen molar-refractivity contribution in [2.75, 3.05) is 0 Å². The third kappa shape index (κ3) is 1.60. The van der Waals surface area contributed by atoms with E-state index in [0.717, 1.165) is 12.7 Å². The van der Waals surface area contributed by atoms with Crippen LogP contribution in [0.15, 0.2) is 24.4 Å². The lowest BCUT2D eigenvalue weighted by Crippen LogP contribution is -1.85. The van der Waals surface area contributed by atoms with E-state index < -0.39 is 0 Å². The fourth-order valence-electron chi connectivity index (χ4n) is 1.36. The lowest BCUT2D eigenvalue weighted by Gasteiger charge is -1.97. The number of carbonyl (C=O) groups excluding carboxylic acids is 1. The van der Waals surface area contributed by atoms with Crippen LogP contribution in [0.4, 0.5) is 0 Å². The number of hydrogen-bond donors (Lipinski definition) is 0. The van der Waals surface area contributed by atoms with Crippen LogP contribution in [0.3, 0.4) is 0 Å². The molecule has 0 unspecified atom stereocenters. The highest BCUT2D eigenvalue weighted by molar-refractivity contribution is 7.13. The van der Waals surface area contributed by atoms with Crippen LogP contribution < -0.4 is 0 Å². The molecule has 2 nitrogen and oxygen atoms in total. The molecule has 2 aromatic rings. The van der Waals surface area contributed by atoms with Crippen LogP contribution in [0.5, 0.6) is 0 Å². The number of aromatic nitrogens is 1. The maximum absolute atomic E-state index is 10.2. The van der Waals surface area contributed by atoms with E-state index in [1.165, 1.54) is 27.2 Å². The zero-order valence-electron chi connectivity index (χ0n) is 7.06. The summed E-state index contributed by atoms with van der Waals surface area (Å²) in [6, 6.07) is 6.12. The number of benzene rings is 1. The molecule has 0 saturated heterocycles. The van der Waals surface area contributed by atoms with E-state index in [1.807, 2.05) is 18.3 Å². The molecule has 1 aromatic carbocycles. The quantitative estimate of drug-likeness (QED) is 0.697. The third-order valence-corrected chi connectivity index (χ3v) is 2.89. The van der Waals surface area contributed by atoms with Crippen LogP contribution in [-0.4, -0.2) is 10.7 Å². The van der Waals surface area contributed by atoms with Crippen molar-refractivity contribution >= 4 is 27.9 Å². The van der Waals surface area contributed by atoms with E-state index in [9.17, 15) is 4.79 Å². The Bertz CT molecular complexity index is 422. The van der Waals surface area contributed by atoms with Gasteiger partial charge >= 0.3 is 0 Å². The Morgan fingerprint density at radius 3 is 3.23 bits per heavy atom. The molecule has 0 spiro atoms. The summed E-state index contributed by atoms with van der Waals surface area (Å²) in [6.45, 7) is 0. The molecular formula is C10H9NOS. The highest BCUT2D eigenvalue weighted by Crippen LogP contribution is 2.22. The smallest absolute Gasteiger partial charge is 0.120 e. The number of aldehydes is 1. The molecule has 0 bridgehead atoms. The van der Waals surface area contributed by atoms with Crippen molar-refractivity contribution in [2.24, 2.45) is 0 Å². The molecule has 0 saturated carbocycles. The zero-order chi connectivity index (χ0) is 9.10. The molecule has 13 heavy (non-hydrogen) atoms. The lowest BCUT2D eigenvalue weighted by atomic mass is 10.1. The molecule has 66 valence electrons. The van der Waals surface area contributed by atoms with Gasteiger partial charge in [-0.25, -0.2) is 0 Å². The first-order valence-electron chi connectivity index (χ1n) is 4.18. The predicted molar refractivity (Wildman–Crippen MR) is 54.0 cm³/mol. The second-order valence-corrected chi connectivity index (χ2v) is 3.67. The maximum Gasteiger partial charge on any atom is 0.120 e. The Hall–Kier alpha value is -1.22. The van der Waals surface area contributed by atoms with Gasteiger partial charge in [-0.05, 0) is 23.5 Å². The third-order valence-electron chi connectivity index (χ3n) is 1.99. The molecule has 0 atom stereocenters. The van der Waals surface area contributed by atoms with Gasteiger partial charge in [-0.3, -0.25) is 0 Å². The highest BCUT2D eigenvalue weighted by Gasteiger charge is 2.01. The van der Waals surface area contributed by atoms with Gasteiger partial charge < -0.3 is 4.79 Å². The summed E-state index contributed by atoms with van der Waals surface area (Å²) in [5, 5.41) is 1.17. The van der Waals surface area contributed by atoms with E-state index in [-0.39, 0.29) is 0 Å². The first-order valence-corrected chi connectivity index (χ1v) is 4.95. The van der Waals surface area contributed by atoms with Gasteiger partial charge in [0.05, 0.1) is 4.70 Å². The number of carbonyl (C=O) groups is 1. The maximum atomic E-state index is 10.2. The molecule has 1 heterocycles. The molecule has 0 aliphatic carbocycles. The second kappa shape index (κ2) is 3.66. The first kappa shape index (κ1) is 8.38. The summed E-state index contributed by atoms with van der Waals surface area (Å²) in [7, 11) is 0. The second-order valence-electron chi connectivity index (χ2n) is 2.87. The minimum atomic E-state index is 0.594. The van der Waals surface area contributed by atoms with E-state index in [1.54, 1.807) is 0 Å². The van der Waals surface area contributed by atoms with Crippen LogP contribution in [0.2, 0.25) is 0 Å². The molecule has 0 radical (unpaired) electrons. The van der Waals surface area contributed by atoms with Crippen molar-refractivity contribution in [2.45, 2.75) is 12.8 Å². The van der Waals surface area contributed by atoms with E-state index in [0.29, 0.717) is 6.42 Å². The summed E-state index contributed by atoms with van der Waals surface area (Å²) in [4.78, 5) is 10.2. The van der Waals surface area contributed by atoms with Crippen LogP contribution in [-0.2, 0) is 11.2 Å².